The maximum Gasteiger partial charge on any atom is 0.141 e. The van der Waals surface area contributed by atoms with Crippen LogP contribution in [0.15, 0.2) is 22.9 Å². The molecule has 0 spiro atoms. The molecule has 90 valence electrons. The summed E-state index contributed by atoms with van der Waals surface area (Å²) in [4.78, 5) is 9.08. The van der Waals surface area contributed by atoms with Crippen LogP contribution in [-0.4, -0.2) is 14.5 Å². The number of halogens is 1. The third-order valence-corrected chi connectivity index (χ3v) is 3.19. The molecular weight excluding hydrogens is 278 g/mol. The average Bonchev–Trinajstić information content (AvgIpc) is 2.72. The summed E-state index contributed by atoms with van der Waals surface area (Å²) in [6.07, 6.45) is 5.78. The molecule has 2 heterocycles. The normalized spacial score (nSPS) is 10.8. The van der Waals surface area contributed by atoms with Crippen molar-refractivity contribution in [3.63, 3.8) is 0 Å². The molecule has 17 heavy (non-hydrogen) atoms. The second-order valence-corrected chi connectivity index (χ2v) is 4.94. The maximum absolute atomic E-state index is 4.60. The van der Waals surface area contributed by atoms with Gasteiger partial charge in [-0.1, -0.05) is 13.8 Å². The zero-order chi connectivity index (χ0) is 12.4. The minimum absolute atomic E-state index is 0.914. The lowest BCUT2D eigenvalue weighted by Crippen LogP contribution is -2.03. The Bertz CT molecular complexity index is 531. The van der Waals surface area contributed by atoms with Crippen LogP contribution in [0.1, 0.15) is 30.9 Å². The Kier molecular flexibility index (Phi) is 3.62. The highest BCUT2D eigenvalue weighted by atomic mass is 79.9. The van der Waals surface area contributed by atoms with Crippen LogP contribution in [0.2, 0.25) is 0 Å². The van der Waals surface area contributed by atoms with Crippen molar-refractivity contribution in [2.24, 2.45) is 0 Å². The lowest BCUT2D eigenvalue weighted by molar-refractivity contribution is 0.858. The molecule has 0 unspecified atom stereocenters. The highest BCUT2D eigenvalue weighted by molar-refractivity contribution is 9.10. The Morgan fingerprint density at radius 1 is 1.29 bits per heavy atom. The molecular formula is C13H16BrN3. The lowest BCUT2D eigenvalue weighted by atomic mass is 10.3. The van der Waals surface area contributed by atoms with E-state index < -0.39 is 0 Å². The van der Waals surface area contributed by atoms with Gasteiger partial charge in [0.15, 0.2) is 0 Å². The summed E-state index contributed by atoms with van der Waals surface area (Å²) in [5.74, 6) is 2.04. The Morgan fingerprint density at radius 3 is 2.65 bits per heavy atom. The second kappa shape index (κ2) is 5.00. The van der Waals surface area contributed by atoms with E-state index in [2.05, 4.69) is 63.5 Å². The minimum Gasteiger partial charge on any atom is -0.287 e. The van der Waals surface area contributed by atoms with Crippen molar-refractivity contribution in [2.75, 3.05) is 0 Å². The van der Waals surface area contributed by atoms with Gasteiger partial charge in [0.25, 0.3) is 0 Å². The summed E-state index contributed by atoms with van der Waals surface area (Å²) in [6, 6.07) is 2.08. The first-order valence-corrected chi connectivity index (χ1v) is 6.64. The summed E-state index contributed by atoms with van der Waals surface area (Å²) in [7, 11) is 0. The van der Waals surface area contributed by atoms with Gasteiger partial charge in [-0.3, -0.25) is 4.57 Å². The zero-order valence-electron chi connectivity index (χ0n) is 10.4. The number of pyridine rings is 1. The molecule has 0 fully saturated rings. The molecule has 2 rings (SSSR count). The molecule has 0 saturated heterocycles. The zero-order valence-corrected chi connectivity index (χ0v) is 12.0. The number of aryl methyl sites for hydroxylation is 3. The number of rotatable bonds is 3. The van der Waals surface area contributed by atoms with Gasteiger partial charge in [0.2, 0.25) is 0 Å². The van der Waals surface area contributed by atoms with E-state index in [-0.39, 0.29) is 0 Å². The topological polar surface area (TPSA) is 30.7 Å². The van der Waals surface area contributed by atoms with Crippen molar-refractivity contribution < 1.29 is 0 Å². The maximum atomic E-state index is 4.60. The summed E-state index contributed by atoms with van der Waals surface area (Å²) in [5.41, 5.74) is 2.26. The molecule has 3 nitrogen and oxygen atoms in total. The fourth-order valence-electron chi connectivity index (χ4n) is 1.86. The van der Waals surface area contributed by atoms with Crippen LogP contribution in [0, 0.1) is 6.92 Å². The van der Waals surface area contributed by atoms with E-state index in [1.807, 2.05) is 6.20 Å². The van der Waals surface area contributed by atoms with E-state index in [0.717, 1.165) is 40.2 Å². The molecule has 0 amide bonds. The van der Waals surface area contributed by atoms with Crippen LogP contribution >= 0.6 is 15.9 Å². The minimum atomic E-state index is 0.914. The number of nitrogens with zero attached hydrogens (tertiary/aromatic N) is 3. The molecule has 0 saturated carbocycles. The van der Waals surface area contributed by atoms with Crippen LogP contribution in [0.25, 0.3) is 5.82 Å². The number of aromatic nitrogens is 3. The van der Waals surface area contributed by atoms with Crippen molar-refractivity contribution in [1.82, 2.24) is 14.5 Å². The molecule has 0 aliphatic carbocycles. The monoisotopic (exact) mass is 293 g/mol. The average molecular weight is 294 g/mol. The highest BCUT2D eigenvalue weighted by Crippen LogP contribution is 2.19. The molecule has 0 bridgehead atoms. The Labute approximate surface area is 110 Å². The SMILES string of the molecule is CCc1cn(-c2ncc(Br)cc2C)c(CC)n1. The first-order chi connectivity index (χ1) is 8.15. The van der Waals surface area contributed by atoms with Crippen molar-refractivity contribution in [3.8, 4) is 5.82 Å². The highest BCUT2D eigenvalue weighted by Gasteiger charge is 2.10. The van der Waals surface area contributed by atoms with Gasteiger partial charge in [-0.25, -0.2) is 9.97 Å². The van der Waals surface area contributed by atoms with Crippen LogP contribution in [0.5, 0.6) is 0 Å². The predicted molar refractivity (Wildman–Crippen MR) is 72.6 cm³/mol. The molecule has 0 aromatic carbocycles. The van der Waals surface area contributed by atoms with E-state index in [4.69, 9.17) is 0 Å². The van der Waals surface area contributed by atoms with E-state index in [1.165, 1.54) is 0 Å². The first-order valence-electron chi connectivity index (χ1n) is 5.85. The van der Waals surface area contributed by atoms with Gasteiger partial charge in [-0.2, -0.15) is 0 Å². The van der Waals surface area contributed by atoms with Gasteiger partial charge < -0.3 is 0 Å². The Hall–Kier alpha value is -1.16. The number of hydrogen-bond acceptors (Lipinski definition) is 2. The van der Waals surface area contributed by atoms with Gasteiger partial charge in [0.1, 0.15) is 11.6 Å². The largest absolute Gasteiger partial charge is 0.287 e. The fourth-order valence-corrected chi connectivity index (χ4v) is 2.31. The smallest absolute Gasteiger partial charge is 0.141 e. The third kappa shape index (κ3) is 2.41. The van der Waals surface area contributed by atoms with Gasteiger partial charge in [-0.05, 0) is 40.9 Å². The van der Waals surface area contributed by atoms with Gasteiger partial charge in [-0.15, -0.1) is 0 Å². The summed E-state index contributed by atoms with van der Waals surface area (Å²) in [5, 5.41) is 0. The third-order valence-electron chi connectivity index (χ3n) is 2.75. The van der Waals surface area contributed by atoms with Gasteiger partial charge >= 0.3 is 0 Å². The van der Waals surface area contributed by atoms with E-state index in [9.17, 15) is 0 Å². The van der Waals surface area contributed by atoms with E-state index >= 15 is 0 Å². The Balaban J connectivity index is 2.55. The van der Waals surface area contributed by atoms with Crippen molar-refractivity contribution in [2.45, 2.75) is 33.6 Å². The van der Waals surface area contributed by atoms with Crippen molar-refractivity contribution in [1.29, 1.82) is 0 Å². The summed E-state index contributed by atoms with van der Waals surface area (Å²) < 4.78 is 3.10. The molecule has 0 aliphatic rings. The second-order valence-electron chi connectivity index (χ2n) is 4.02. The molecule has 0 N–H and O–H groups in total. The van der Waals surface area contributed by atoms with Crippen LogP contribution in [-0.2, 0) is 12.8 Å². The fraction of sp³-hybridized carbons (Fsp3) is 0.385. The quantitative estimate of drug-likeness (QED) is 0.868. The first kappa shape index (κ1) is 12.3. The van der Waals surface area contributed by atoms with E-state index in [0.29, 0.717) is 0 Å². The molecule has 4 heteroatoms. The summed E-state index contributed by atoms with van der Waals surface area (Å²) in [6.45, 7) is 6.30. The summed E-state index contributed by atoms with van der Waals surface area (Å²) >= 11 is 3.44. The number of hydrogen-bond donors (Lipinski definition) is 0. The Morgan fingerprint density at radius 2 is 2.06 bits per heavy atom. The van der Waals surface area contributed by atoms with Crippen molar-refractivity contribution in [3.05, 3.63) is 40.0 Å². The molecule has 0 aliphatic heterocycles. The molecule has 2 aromatic rings. The molecule has 0 radical (unpaired) electrons. The van der Waals surface area contributed by atoms with Crippen molar-refractivity contribution >= 4 is 15.9 Å². The molecule has 2 aromatic heterocycles. The predicted octanol–water partition coefficient (Wildman–Crippen LogP) is 3.46. The van der Waals surface area contributed by atoms with Gasteiger partial charge in [0.05, 0.1) is 5.69 Å². The lowest BCUT2D eigenvalue weighted by Gasteiger charge is -2.08. The van der Waals surface area contributed by atoms with Crippen LogP contribution < -0.4 is 0 Å². The van der Waals surface area contributed by atoms with Crippen LogP contribution in [0.4, 0.5) is 0 Å². The number of imidazole rings is 1. The molecule has 0 atom stereocenters. The standard InChI is InChI=1S/C13H16BrN3/c1-4-11-8-17(12(5-2)16-11)13-9(3)6-10(14)7-15-13/h6-8H,4-5H2,1-3H3. The van der Waals surface area contributed by atoms with E-state index in [1.54, 1.807) is 0 Å². The van der Waals surface area contributed by atoms with Gasteiger partial charge in [0, 0.05) is 23.3 Å². The van der Waals surface area contributed by atoms with Crippen LogP contribution in [0.3, 0.4) is 0 Å².